The molecule has 0 saturated heterocycles. The first-order valence-electron chi connectivity index (χ1n) is 5.27. The molecule has 0 bridgehead atoms. The minimum absolute atomic E-state index is 0.346. The predicted molar refractivity (Wildman–Crippen MR) is 67.0 cm³/mol. The monoisotopic (exact) mass is 335 g/mol. The van der Waals surface area contributed by atoms with Crippen molar-refractivity contribution in [2.75, 3.05) is 6.61 Å². The van der Waals surface area contributed by atoms with Crippen molar-refractivity contribution in [2.24, 2.45) is 0 Å². The van der Waals surface area contributed by atoms with E-state index >= 15 is 0 Å². The van der Waals surface area contributed by atoms with Crippen molar-refractivity contribution in [2.45, 2.75) is 30.2 Å². The zero-order valence-corrected chi connectivity index (χ0v) is 11.2. The highest BCUT2D eigenvalue weighted by Gasteiger charge is 2.22. The lowest BCUT2D eigenvalue weighted by molar-refractivity contribution is 0.0520. The highest BCUT2D eigenvalue weighted by molar-refractivity contribution is 14.1. The van der Waals surface area contributed by atoms with Crippen LogP contribution in [0.5, 0.6) is 0 Å². The van der Waals surface area contributed by atoms with Crippen molar-refractivity contribution in [3.05, 3.63) is 17.7 Å². The summed E-state index contributed by atoms with van der Waals surface area (Å²) in [5, 5.41) is 0. The Morgan fingerprint density at radius 1 is 1.81 bits per heavy atom. The molecule has 0 spiro atoms. The molecular formula is C10H14IN3O2. The van der Waals surface area contributed by atoms with E-state index in [1.807, 2.05) is 4.57 Å². The summed E-state index contributed by atoms with van der Waals surface area (Å²) in [7, 11) is 0. The van der Waals surface area contributed by atoms with Gasteiger partial charge in [-0.1, -0.05) is 0 Å². The first kappa shape index (κ1) is 11.7. The van der Waals surface area contributed by atoms with Gasteiger partial charge in [0.2, 0.25) is 0 Å². The first-order valence-corrected chi connectivity index (χ1v) is 7.59. The van der Waals surface area contributed by atoms with Crippen molar-refractivity contribution >= 4 is 27.0 Å². The number of carbonyl (C=O) groups excluding carboxylic acids is 1. The molecule has 0 aromatic carbocycles. The van der Waals surface area contributed by atoms with Crippen LogP contribution >= 0.6 is 21.0 Å². The lowest BCUT2D eigenvalue weighted by atomic mass is 10.2. The Morgan fingerprint density at radius 3 is 3.31 bits per heavy atom. The van der Waals surface area contributed by atoms with Crippen molar-refractivity contribution in [1.29, 1.82) is 3.56 Å². The maximum atomic E-state index is 11.5. The molecule has 1 aromatic heterocycles. The van der Waals surface area contributed by atoms with E-state index in [4.69, 9.17) is 8.30 Å². The van der Waals surface area contributed by atoms with Crippen LogP contribution in [0.15, 0.2) is 6.20 Å². The lowest BCUT2D eigenvalue weighted by Gasteiger charge is -2.18. The zero-order valence-electron chi connectivity index (χ0n) is 9.07. The maximum absolute atomic E-state index is 11.5. The van der Waals surface area contributed by atoms with Crippen LogP contribution < -0.4 is 0 Å². The molecular weight excluding hydrogens is 321 g/mol. The number of imidazole rings is 1. The highest BCUT2D eigenvalue weighted by Crippen LogP contribution is 2.24. The van der Waals surface area contributed by atoms with Crippen LogP contribution in [0.4, 0.5) is 0 Å². The van der Waals surface area contributed by atoms with Gasteiger partial charge < -0.3 is 9.30 Å². The van der Waals surface area contributed by atoms with Gasteiger partial charge in [0.25, 0.3) is 0 Å². The average molecular weight is 335 g/mol. The van der Waals surface area contributed by atoms with E-state index < -0.39 is 21.0 Å². The van der Waals surface area contributed by atoms with Crippen molar-refractivity contribution in [3.8, 4) is 0 Å². The number of alkyl halides is 1. The summed E-state index contributed by atoms with van der Waals surface area (Å²) in [5.74, 6) is 0.591. The van der Waals surface area contributed by atoms with E-state index in [0.717, 1.165) is 25.2 Å². The van der Waals surface area contributed by atoms with Crippen molar-refractivity contribution in [3.63, 3.8) is 0 Å². The third kappa shape index (κ3) is 2.31. The maximum Gasteiger partial charge on any atom is 0.358 e. The van der Waals surface area contributed by atoms with Gasteiger partial charge in [0, 0.05) is 23.1 Å². The normalized spacial score (nSPS) is 19.2. The van der Waals surface area contributed by atoms with Crippen LogP contribution in [0, 0.1) is 3.56 Å². The number of esters is 1. The van der Waals surface area contributed by atoms with Crippen LogP contribution in [0.3, 0.4) is 0 Å². The molecule has 2 rings (SSSR count). The van der Waals surface area contributed by atoms with Gasteiger partial charge in [0.05, 0.1) is 6.61 Å². The molecule has 2 heterocycles. The third-order valence-electron chi connectivity index (χ3n) is 2.59. The van der Waals surface area contributed by atoms with E-state index in [9.17, 15) is 4.79 Å². The number of hydrogen-bond donors (Lipinski definition) is 1. The van der Waals surface area contributed by atoms with Crippen LogP contribution in [-0.2, 0) is 17.7 Å². The summed E-state index contributed by atoms with van der Waals surface area (Å²) in [6.45, 7) is 3.04. The number of nitrogens with zero attached hydrogens (tertiary/aromatic N) is 2. The number of aryl methyl sites for hydroxylation is 1. The van der Waals surface area contributed by atoms with Gasteiger partial charge >= 0.3 is 5.97 Å². The molecule has 1 atom stereocenters. The molecule has 1 aromatic rings. The fourth-order valence-corrected chi connectivity index (χ4v) is 2.99. The quantitative estimate of drug-likeness (QED) is 0.523. The number of ether oxygens (including phenoxy) is 1. The van der Waals surface area contributed by atoms with E-state index in [2.05, 4.69) is 4.98 Å². The molecule has 5 nitrogen and oxygen atoms in total. The van der Waals surface area contributed by atoms with Gasteiger partial charge in [-0.15, -0.1) is 0 Å². The first-order chi connectivity index (χ1) is 7.74. The van der Waals surface area contributed by atoms with E-state index in [-0.39, 0.29) is 5.97 Å². The highest BCUT2D eigenvalue weighted by atomic mass is 127. The smallest absolute Gasteiger partial charge is 0.358 e. The van der Waals surface area contributed by atoms with Crippen LogP contribution in [0.25, 0.3) is 0 Å². The molecule has 0 radical (unpaired) electrons. The average Bonchev–Trinajstić information content (AvgIpc) is 2.71. The largest absolute Gasteiger partial charge is 0.461 e. The summed E-state index contributed by atoms with van der Waals surface area (Å²) in [6.07, 6.45) is 3.66. The SMILES string of the molecule is CCOC(=O)c1cn2c(n1)CC(I=N)CC2. The molecule has 1 aliphatic heterocycles. The van der Waals surface area contributed by atoms with Gasteiger partial charge in [0.15, 0.2) is 5.69 Å². The van der Waals surface area contributed by atoms with E-state index in [1.165, 1.54) is 0 Å². The summed E-state index contributed by atoms with van der Waals surface area (Å²) in [4.78, 5) is 15.8. The second-order valence-electron chi connectivity index (χ2n) is 3.66. The molecule has 0 aliphatic carbocycles. The fourth-order valence-electron chi connectivity index (χ4n) is 1.79. The molecule has 0 saturated carbocycles. The van der Waals surface area contributed by atoms with E-state index in [0.29, 0.717) is 16.2 Å². The molecule has 16 heavy (non-hydrogen) atoms. The Labute approximate surface area is 104 Å². The Kier molecular flexibility index (Phi) is 3.67. The Morgan fingerprint density at radius 2 is 2.62 bits per heavy atom. The predicted octanol–water partition coefficient (Wildman–Crippen LogP) is 2.11. The fraction of sp³-hybridized carbons (Fsp3) is 0.600. The Balaban J connectivity index is 2.18. The lowest BCUT2D eigenvalue weighted by Crippen LogP contribution is -2.18. The number of fused-ring (bicyclic) bond motifs is 1. The van der Waals surface area contributed by atoms with E-state index in [1.54, 1.807) is 13.1 Å². The summed E-state index contributed by atoms with van der Waals surface area (Å²) in [6, 6.07) is 0. The molecule has 1 N–H and O–H groups in total. The van der Waals surface area contributed by atoms with Crippen molar-refractivity contribution < 1.29 is 9.53 Å². The second kappa shape index (κ2) is 5.03. The number of nitrogens with one attached hydrogen (secondary N) is 1. The topological polar surface area (TPSA) is 68.0 Å². The summed E-state index contributed by atoms with van der Waals surface area (Å²) < 4.78 is 14.9. The summed E-state index contributed by atoms with van der Waals surface area (Å²) in [5.41, 5.74) is 0.403. The number of hydrogen-bond acceptors (Lipinski definition) is 4. The summed E-state index contributed by atoms with van der Waals surface area (Å²) >= 11 is -0.473. The van der Waals surface area contributed by atoms with Gasteiger partial charge in [-0.2, -0.15) is 0 Å². The zero-order chi connectivity index (χ0) is 11.5. The third-order valence-corrected chi connectivity index (χ3v) is 4.53. The Hall–Kier alpha value is -0.790. The van der Waals surface area contributed by atoms with Gasteiger partial charge in [0.1, 0.15) is 5.82 Å². The molecule has 0 fully saturated rings. The van der Waals surface area contributed by atoms with Gasteiger partial charge in [-0.05, 0) is 34.4 Å². The van der Waals surface area contributed by atoms with Crippen LogP contribution in [0.1, 0.15) is 29.7 Å². The molecule has 0 amide bonds. The van der Waals surface area contributed by atoms with Crippen LogP contribution in [-0.4, -0.2) is 26.1 Å². The molecule has 6 heteroatoms. The number of carbonyl (C=O) groups is 1. The number of halogens is 1. The van der Waals surface area contributed by atoms with Crippen molar-refractivity contribution in [1.82, 2.24) is 9.55 Å². The minimum Gasteiger partial charge on any atom is -0.461 e. The molecule has 1 unspecified atom stereocenters. The molecule has 1 aliphatic rings. The minimum atomic E-state index is -0.473. The molecule has 88 valence electrons. The second-order valence-corrected chi connectivity index (χ2v) is 6.04. The van der Waals surface area contributed by atoms with Crippen LogP contribution in [0.2, 0.25) is 0 Å². The Bertz CT molecular complexity index is 416. The standard InChI is InChI=1S/C10H14IN3O2/c1-2-16-10(15)8-6-14-4-3-7(11-12)5-9(14)13-8/h6-7,12H,2-5H2,1H3. The number of rotatable bonds is 3. The van der Waals surface area contributed by atoms with Gasteiger partial charge in [-0.3, -0.25) is 3.56 Å². The van der Waals surface area contributed by atoms with Gasteiger partial charge in [-0.25, -0.2) is 9.78 Å². The number of aromatic nitrogens is 2.